The first-order valence-electron chi connectivity index (χ1n) is 4.06. The summed E-state index contributed by atoms with van der Waals surface area (Å²) < 4.78 is 28.1. The lowest BCUT2D eigenvalue weighted by Crippen LogP contribution is -2.09. The Kier molecular flexibility index (Phi) is 3.30. The molecule has 0 N–H and O–H groups in total. The maximum Gasteiger partial charge on any atom is 0.185 e. The van der Waals surface area contributed by atoms with Gasteiger partial charge >= 0.3 is 0 Å². The molecule has 0 bridgehead atoms. The van der Waals surface area contributed by atoms with Crippen molar-refractivity contribution in [3.8, 4) is 0 Å². The number of sulfone groups is 1. The standard InChI is InChI=1S/C10H12O3S/c1-9(13-2)8-14(11,12)10-6-4-3-5-7-10/h3-7H,1,8H2,2H3. The van der Waals surface area contributed by atoms with Crippen LogP contribution in [0.25, 0.3) is 0 Å². The maximum atomic E-state index is 11.7. The van der Waals surface area contributed by atoms with E-state index in [2.05, 4.69) is 6.58 Å². The smallest absolute Gasteiger partial charge is 0.185 e. The molecule has 0 fully saturated rings. The van der Waals surface area contributed by atoms with Crippen molar-refractivity contribution < 1.29 is 13.2 Å². The van der Waals surface area contributed by atoms with Gasteiger partial charge in [-0.15, -0.1) is 0 Å². The maximum absolute atomic E-state index is 11.7. The Morgan fingerprint density at radius 3 is 2.43 bits per heavy atom. The molecule has 0 saturated carbocycles. The van der Waals surface area contributed by atoms with E-state index in [0.717, 1.165) is 0 Å². The predicted octanol–water partition coefficient (Wildman–Crippen LogP) is 1.62. The zero-order valence-corrected chi connectivity index (χ0v) is 8.75. The molecule has 0 spiro atoms. The van der Waals surface area contributed by atoms with Crippen LogP contribution in [-0.2, 0) is 14.6 Å². The van der Waals surface area contributed by atoms with E-state index in [4.69, 9.17) is 4.74 Å². The van der Waals surface area contributed by atoms with Crippen molar-refractivity contribution in [3.63, 3.8) is 0 Å². The summed E-state index contributed by atoms with van der Waals surface area (Å²) in [5.74, 6) is 0.0712. The molecule has 3 nitrogen and oxygen atoms in total. The zero-order chi connectivity index (χ0) is 10.6. The van der Waals surface area contributed by atoms with Gasteiger partial charge in [0.2, 0.25) is 0 Å². The minimum Gasteiger partial charge on any atom is -0.501 e. The van der Waals surface area contributed by atoms with Gasteiger partial charge in [-0.05, 0) is 12.1 Å². The highest BCUT2D eigenvalue weighted by Gasteiger charge is 2.15. The monoisotopic (exact) mass is 212 g/mol. The largest absolute Gasteiger partial charge is 0.501 e. The van der Waals surface area contributed by atoms with Gasteiger partial charge in [0, 0.05) is 0 Å². The van der Waals surface area contributed by atoms with Gasteiger partial charge in [-0.25, -0.2) is 8.42 Å². The molecule has 0 saturated heterocycles. The number of benzene rings is 1. The van der Waals surface area contributed by atoms with E-state index < -0.39 is 9.84 Å². The van der Waals surface area contributed by atoms with Crippen molar-refractivity contribution in [1.82, 2.24) is 0 Å². The number of methoxy groups -OCH3 is 1. The SMILES string of the molecule is C=C(CS(=O)(=O)c1ccccc1)OC. The zero-order valence-electron chi connectivity index (χ0n) is 7.93. The van der Waals surface area contributed by atoms with Crippen molar-refractivity contribution in [2.45, 2.75) is 4.90 Å². The lowest BCUT2D eigenvalue weighted by atomic mass is 10.4. The molecule has 0 atom stereocenters. The van der Waals surface area contributed by atoms with E-state index in [1.807, 2.05) is 0 Å². The Morgan fingerprint density at radius 1 is 1.36 bits per heavy atom. The first kappa shape index (κ1) is 10.8. The topological polar surface area (TPSA) is 43.4 Å². The van der Waals surface area contributed by atoms with Crippen LogP contribution < -0.4 is 0 Å². The van der Waals surface area contributed by atoms with Crippen LogP contribution in [0.1, 0.15) is 0 Å². The lowest BCUT2D eigenvalue weighted by molar-refractivity contribution is 0.296. The number of rotatable bonds is 4. The second-order valence-corrected chi connectivity index (χ2v) is 4.80. The van der Waals surface area contributed by atoms with E-state index in [-0.39, 0.29) is 11.5 Å². The molecule has 1 rings (SSSR count). The van der Waals surface area contributed by atoms with Gasteiger partial charge in [-0.2, -0.15) is 0 Å². The van der Waals surface area contributed by atoms with Gasteiger partial charge in [0.1, 0.15) is 11.5 Å². The average Bonchev–Trinajstić information content (AvgIpc) is 2.18. The molecule has 0 radical (unpaired) electrons. The molecule has 1 aromatic rings. The lowest BCUT2D eigenvalue weighted by Gasteiger charge is -2.05. The second-order valence-electron chi connectivity index (χ2n) is 2.81. The predicted molar refractivity (Wildman–Crippen MR) is 54.6 cm³/mol. The van der Waals surface area contributed by atoms with E-state index in [9.17, 15) is 8.42 Å². The normalized spacial score (nSPS) is 10.9. The van der Waals surface area contributed by atoms with E-state index in [0.29, 0.717) is 4.90 Å². The van der Waals surface area contributed by atoms with Gasteiger partial charge in [-0.3, -0.25) is 0 Å². The number of hydrogen-bond donors (Lipinski definition) is 0. The fraction of sp³-hybridized carbons (Fsp3) is 0.200. The molecular weight excluding hydrogens is 200 g/mol. The Hall–Kier alpha value is -1.29. The summed E-state index contributed by atoms with van der Waals surface area (Å²) in [5, 5.41) is 0. The van der Waals surface area contributed by atoms with E-state index in [1.54, 1.807) is 30.3 Å². The summed E-state index contributed by atoms with van der Waals surface area (Å²) in [4.78, 5) is 0.290. The summed E-state index contributed by atoms with van der Waals surface area (Å²) in [6, 6.07) is 8.24. The third-order valence-corrected chi connectivity index (χ3v) is 3.43. The molecule has 0 amide bonds. The summed E-state index contributed by atoms with van der Waals surface area (Å²) in [7, 11) is -1.89. The molecule has 4 heteroatoms. The van der Waals surface area contributed by atoms with Crippen LogP contribution >= 0.6 is 0 Å². The van der Waals surface area contributed by atoms with Crippen LogP contribution in [0, 0.1) is 0 Å². The van der Waals surface area contributed by atoms with Gasteiger partial charge in [0.25, 0.3) is 0 Å². The number of hydrogen-bond acceptors (Lipinski definition) is 3. The van der Waals surface area contributed by atoms with E-state index >= 15 is 0 Å². The van der Waals surface area contributed by atoms with Crippen LogP contribution in [0.2, 0.25) is 0 Å². The Bertz CT molecular complexity index is 406. The molecule has 14 heavy (non-hydrogen) atoms. The fourth-order valence-corrected chi connectivity index (χ4v) is 2.26. The van der Waals surface area contributed by atoms with E-state index in [1.165, 1.54) is 7.11 Å². The highest BCUT2D eigenvalue weighted by atomic mass is 32.2. The highest BCUT2D eigenvalue weighted by molar-refractivity contribution is 7.91. The van der Waals surface area contributed by atoms with Crippen LogP contribution in [0.4, 0.5) is 0 Å². The molecule has 0 aliphatic carbocycles. The Labute approximate surface area is 83.9 Å². The third-order valence-electron chi connectivity index (χ3n) is 1.74. The number of ether oxygens (including phenoxy) is 1. The van der Waals surface area contributed by atoms with Crippen molar-refractivity contribution >= 4 is 9.84 Å². The average molecular weight is 212 g/mol. The summed E-state index contributed by atoms with van der Waals surface area (Å²) in [5.41, 5.74) is 0. The van der Waals surface area contributed by atoms with Crippen LogP contribution in [-0.4, -0.2) is 21.3 Å². The Balaban J connectivity index is 2.93. The van der Waals surface area contributed by atoms with Crippen molar-refractivity contribution in [2.75, 3.05) is 12.9 Å². The van der Waals surface area contributed by atoms with Crippen LogP contribution in [0.15, 0.2) is 47.6 Å². The van der Waals surface area contributed by atoms with Crippen LogP contribution in [0.3, 0.4) is 0 Å². The second kappa shape index (κ2) is 4.28. The van der Waals surface area contributed by atoms with Crippen molar-refractivity contribution in [1.29, 1.82) is 0 Å². The Morgan fingerprint density at radius 2 is 1.93 bits per heavy atom. The van der Waals surface area contributed by atoms with Crippen molar-refractivity contribution in [2.24, 2.45) is 0 Å². The molecule has 0 heterocycles. The summed E-state index contributed by atoms with van der Waals surface area (Å²) in [6.07, 6.45) is 0. The van der Waals surface area contributed by atoms with Gasteiger partial charge in [0.15, 0.2) is 9.84 Å². The van der Waals surface area contributed by atoms with Gasteiger partial charge in [0.05, 0.1) is 12.0 Å². The quantitative estimate of drug-likeness (QED) is 0.712. The molecule has 0 aromatic heterocycles. The molecular formula is C10H12O3S. The van der Waals surface area contributed by atoms with Gasteiger partial charge < -0.3 is 4.74 Å². The third kappa shape index (κ3) is 2.60. The molecule has 0 aliphatic heterocycles. The highest BCUT2D eigenvalue weighted by Crippen LogP contribution is 2.12. The summed E-state index contributed by atoms with van der Waals surface area (Å²) >= 11 is 0. The minimum atomic E-state index is -3.30. The minimum absolute atomic E-state index is 0.173. The first-order chi connectivity index (χ1) is 6.56. The first-order valence-corrected chi connectivity index (χ1v) is 5.71. The van der Waals surface area contributed by atoms with Gasteiger partial charge in [-0.1, -0.05) is 24.8 Å². The molecule has 0 unspecified atom stereocenters. The molecule has 1 aromatic carbocycles. The van der Waals surface area contributed by atoms with Crippen molar-refractivity contribution in [3.05, 3.63) is 42.7 Å². The summed E-state index contributed by atoms with van der Waals surface area (Å²) in [6.45, 7) is 3.48. The van der Waals surface area contributed by atoms with Crippen LogP contribution in [0.5, 0.6) is 0 Å². The molecule has 76 valence electrons. The molecule has 0 aliphatic rings. The fourth-order valence-electron chi connectivity index (χ4n) is 0.982.